The molecule has 0 unspecified atom stereocenters. The number of phenols is 1. The number of rotatable bonds is 6. The highest BCUT2D eigenvalue weighted by Crippen LogP contribution is 2.23. The Kier molecular flexibility index (Phi) is 5.92. The monoisotopic (exact) mass is 343 g/mol. The first-order valence-electron chi connectivity index (χ1n) is 8.99. The molecule has 0 radical (unpaired) electrons. The van der Waals surface area contributed by atoms with Gasteiger partial charge in [-0.05, 0) is 62.9 Å². The quantitative estimate of drug-likeness (QED) is 0.854. The van der Waals surface area contributed by atoms with Gasteiger partial charge >= 0.3 is 0 Å². The first kappa shape index (κ1) is 17.7. The van der Waals surface area contributed by atoms with Crippen molar-refractivity contribution in [3.8, 4) is 11.5 Å². The fourth-order valence-electron chi connectivity index (χ4n) is 3.34. The molecule has 0 atom stereocenters. The summed E-state index contributed by atoms with van der Waals surface area (Å²) in [5.74, 6) is 0.230. The molecular weight excluding hydrogens is 317 g/mol. The van der Waals surface area contributed by atoms with Gasteiger partial charge in [-0.25, -0.2) is 4.39 Å². The van der Waals surface area contributed by atoms with Crippen molar-refractivity contribution >= 4 is 0 Å². The van der Waals surface area contributed by atoms with Crippen LogP contribution < -0.4 is 4.74 Å². The zero-order chi connectivity index (χ0) is 17.6. The Morgan fingerprint density at radius 1 is 1.12 bits per heavy atom. The van der Waals surface area contributed by atoms with Gasteiger partial charge in [0.1, 0.15) is 12.4 Å². The summed E-state index contributed by atoms with van der Waals surface area (Å²) in [6, 6.07) is 13.0. The number of halogens is 1. The number of aryl methyl sites for hydroxylation is 1. The highest BCUT2D eigenvalue weighted by molar-refractivity contribution is 5.31. The van der Waals surface area contributed by atoms with Crippen LogP contribution in [0.25, 0.3) is 0 Å². The number of ether oxygens (including phenoxy) is 1. The highest BCUT2D eigenvalue weighted by atomic mass is 19.1. The molecule has 0 aromatic heterocycles. The van der Waals surface area contributed by atoms with Crippen molar-refractivity contribution in [1.82, 2.24) is 4.90 Å². The van der Waals surface area contributed by atoms with Gasteiger partial charge in [-0.3, -0.25) is 4.90 Å². The number of piperidine rings is 1. The lowest BCUT2D eigenvalue weighted by Crippen LogP contribution is -2.37. The molecule has 0 bridgehead atoms. The van der Waals surface area contributed by atoms with E-state index in [1.165, 1.54) is 36.1 Å². The van der Waals surface area contributed by atoms with E-state index in [1.807, 2.05) is 0 Å². The van der Waals surface area contributed by atoms with Crippen molar-refractivity contribution in [1.29, 1.82) is 0 Å². The van der Waals surface area contributed by atoms with Crippen LogP contribution in [0.1, 0.15) is 24.0 Å². The molecule has 1 N–H and O–H groups in total. The lowest BCUT2D eigenvalue weighted by Gasteiger charge is -2.31. The maximum atomic E-state index is 13.3. The van der Waals surface area contributed by atoms with Crippen LogP contribution in [0.4, 0.5) is 4.39 Å². The Morgan fingerprint density at radius 2 is 1.84 bits per heavy atom. The standard InChI is InChI=1S/C21H26FNO2/c1-16-2-4-17(5-3-16)14-18-8-10-23(11-9-18)12-13-25-19-6-7-21(24)20(22)15-19/h2-7,15,18,24H,8-14H2,1H3. The Hall–Kier alpha value is -2.07. The summed E-state index contributed by atoms with van der Waals surface area (Å²) in [6.07, 6.45) is 3.58. The predicted molar refractivity (Wildman–Crippen MR) is 97.6 cm³/mol. The molecule has 1 heterocycles. The van der Waals surface area contributed by atoms with Crippen LogP contribution in [0, 0.1) is 18.7 Å². The van der Waals surface area contributed by atoms with E-state index in [9.17, 15) is 9.50 Å². The minimum atomic E-state index is -0.644. The largest absolute Gasteiger partial charge is 0.505 e. The average molecular weight is 343 g/mol. The van der Waals surface area contributed by atoms with Crippen LogP contribution in [0.2, 0.25) is 0 Å². The molecule has 2 aromatic carbocycles. The number of likely N-dealkylation sites (tertiary alicyclic amines) is 1. The third kappa shape index (κ3) is 5.20. The average Bonchev–Trinajstić information content (AvgIpc) is 2.61. The zero-order valence-corrected chi connectivity index (χ0v) is 14.7. The molecule has 0 saturated carbocycles. The number of hydrogen-bond donors (Lipinski definition) is 1. The predicted octanol–water partition coefficient (Wildman–Crippen LogP) is 4.17. The summed E-state index contributed by atoms with van der Waals surface area (Å²) in [7, 11) is 0. The fraction of sp³-hybridized carbons (Fsp3) is 0.429. The Bertz CT molecular complexity index is 679. The normalized spacial score (nSPS) is 16.1. The van der Waals surface area contributed by atoms with E-state index >= 15 is 0 Å². The summed E-state index contributed by atoms with van der Waals surface area (Å²) in [5.41, 5.74) is 2.74. The molecular formula is C21H26FNO2. The molecule has 0 spiro atoms. The van der Waals surface area contributed by atoms with Gasteiger partial charge < -0.3 is 9.84 Å². The van der Waals surface area contributed by atoms with Gasteiger partial charge in [0.25, 0.3) is 0 Å². The topological polar surface area (TPSA) is 32.7 Å². The molecule has 2 aromatic rings. The molecule has 3 rings (SSSR count). The Labute approximate surface area is 149 Å². The molecule has 134 valence electrons. The van der Waals surface area contributed by atoms with Gasteiger partial charge in [0, 0.05) is 12.6 Å². The smallest absolute Gasteiger partial charge is 0.168 e. The molecule has 0 amide bonds. The first-order chi connectivity index (χ1) is 12.1. The van der Waals surface area contributed by atoms with E-state index < -0.39 is 5.82 Å². The van der Waals surface area contributed by atoms with Crippen LogP contribution in [0.3, 0.4) is 0 Å². The first-order valence-corrected chi connectivity index (χ1v) is 8.99. The van der Waals surface area contributed by atoms with Crippen molar-refractivity contribution in [2.45, 2.75) is 26.2 Å². The highest BCUT2D eigenvalue weighted by Gasteiger charge is 2.19. The van der Waals surface area contributed by atoms with Crippen molar-refractivity contribution in [2.75, 3.05) is 26.2 Å². The molecule has 1 saturated heterocycles. The Morgan fingerprint density at radius 3 is 2.52 bits per heavy atom. The lowest BCUT2D eigenvalue weighted by atomic mass is 9.90. The van der Waals surface area contributed by atoms with Crippen LogP contribution in [-0.4, -0.2) is 36.2 Å². The number of phenolic OH excluding ortho intramolecular Hbond substituents is 1. The van der Waals surface area contributed by atoms with Gasteiger partial charge in [0.15, 0.2) is 11.6 Å². The SMILES string of the molecule is Cc1ccc(CC2CCN(CCOc3ccc(O)c(F)c3)CC2)cc1. The van der Waals surface area contributed by atoms with Crippen molar-refractivity contribution < 1.29 is 14.2 Å². The molecule has 4 heteroatoms. The molecule has 0 aliphatic carbocycles. The van der Waals surface area contributed by atoms with E-state index in [0.29, 0.717) is 12.4 Å². The Balaban J connectivity index is 1.37. The maximum Gasteiger partial charge on any atom is 0.168 e. The summed E-state index contributed by atoms with van der Waals surface area (Å²) in [5, 5.41) is 9.18. The second-order valence-electron chi connectivity index (χ2n) is 6.94. The number of aromatic hydroxyl groups is 1. The summed E-state index contributed by atoms with van der Waals surface area (Å²) in [6.45, 7) is 5.68. The van der Waals surface area contributed by atoms with Gasteiger partial charge in [-0.15, -0.1) is 0 Å². The molecule has 3 nitrogen and oxygen atoms in total. The van der Waals surface area contributed by atoms with E-state index in [1.54, 1.807) is 6.07 Å². The van der Waals surface area contributed by atoms with Gasteiger partial charge in [0.05, 0.1) is 0 Å². The molecule has 25 heavy (non-hydrogen) atoms. The minimum absolute atomic E-state index is 0.344. The zero-order valence-electron chi connectivity index (χ0n) is 14.7. The van der Waals surface area contributed by atoms with Crippen molar-refractivity contribution in [2.24, 2.45) is 5.92 Å². The molecule has 1 fully saturated rings. The lowest BCUT2D eigenvalue weighted by molar-refractivity contribution is 0.154. The second-order valence-corrected chi connectivity index (χ2v) is 6.94. The van der Waals surface area contributed by atoms with Crippen LogP contribution in [0.15, 0.2) is 42.5 Å². The molecule has 1 aliphatic rings. The number of hydrogen-bond acceptors (Lipinski definition) is 3. The summed E-state index contributed by atoms with van der Waals surface area (Å²) >= 11 is 0. The summed E-state index contributed by atoms with van der Waals surface area (Å²) in [4.78, 5) is 2.41. The van der Waals surface area contributed by atoms with Gasteiger partial charge in [-0.2, -0.15) is 0 Å². The van der Waals surface area contributed by atoms with Crippen molar-refractivity contribution in [3.05, 3.63) is 59.4 Å². The van der Waals surface area contributed by atoms with E-state index in [-0.39, 0.29) is 5.75 Å². The number of benzene rings is 2. The third-order valence-corrected chi connectivity index (χ3v) is 4.95. The van der Waals surface area contributed by atoms with Crippen LogP contribution in [0.5, 0.6) is 11.5 Å². The van der Waals surface area contributed by atoms with Crippen molar-refractivity contribution in [3.63, 3.8) is 0 Å². The molecule has 1 aliphatic heterocycles. The van der Waals surface area contributed by atoms with E-state index in [4.69, 9.17) is 4.74 Å². The van der Waals surface area contributed by atoms with Crippen LogP contribution >= 0.6 is 0 Å². The summed E-state index contributed by atoms with van der Waals surface area (Å²) < 4.78 is 18.9. The van der Waals surface area contributed by atoms with Crippen LogP contribution in [-0.2, 0) is 6.42 Å². The van der Waals surface area contributed by atoms with E-state index in [0.717, 1.165) is 32.0 Å². The maximum absolute atomic E-state index is 13.3. The second kappa shape index (κ2) is 8.34. The third-order valence-electron chi connectivity index (χ3n) is 4.95. The van der Waals surface area contributed by atoms with Gasteiger partial charge in [-0.1, -0.05) is 29.8 Å². The fourth-order valence-corrected chi connectivity index (χ4v) is 3.34. The van der Waals surface area contributed by atoms with E-state index in [2.05, 4.69) is 36.1 Å². The number of nitrogens with zero attached hydrogens (tertiary/aromatic N) is 1. The minimum Gasteiger partial charge on any atom is -0.505 e. The van der Waals surface area contributed by atoms with Gasteiger partial charge in [0.2, 0.25) is 0 Å².